The molecule has 10 heteroatoms. The van der Waals surface area contributed by atoms with Gasteiger partial charge in [-0.1, -0.05) is 24.4 Å². The van der Waals surface area contributed by atoms with Crippen LogP contribution in [0.5, 0.6) is 0 Å². The average Bonchev–Trinajstić information content (AvgIpc) is 3.29. The van der Waals surface area contributed by atoms with Crippen LogP contribution in [0.15, 0.2) is 23.0 Å². The number of aromatic amines is 1. The lowest BCUT2D eigenvalue weighted by atomic mass is 9.98. The lowest BCUT2D eigenvalue weighted by molar-refractivity contribution is -0.134. The van der Waals surface area contributed by atoms with E-state index in [1.165, 1.54) is 4.90 Å². The summed E-state index contributed by atoms with van der Waals surface area (Å²) in [7, 11) is 0. The molecule has 9 nitrogen and oxygen atoms in total. The smallest absolute Gasteiger partial charge is 0.325 e. The molecular weight excluding hydrogens is 422 g/mol. The molecule has 0 atom stereocenters. The highest BCUT2D eigenvalue weighted by Gasteiger charge is 2.52. The molecule has 1 saturated heterocycles. The number of nitrogens with zero attached hydrogens (tertiary/aromatic N) is 3. The van der Waals surface area contributed by atoms with E-state index in [2.05, 4.69) is 15.3 Å². The molecule has 164 valence electrons. The molecule has 1 spiro atoms. The Morgan fingerprint density at radius 3 is 2.71 bits per heavy atom. The Hall–Kier alpha value is -2.94. The molecule has 0 unspecified atom stereocenters. The second-order valence-corrected chi connectivity index (χ2v) is 8.44. The van der Waals surface area contributed by atoms with Crippen LogP contribution in [0.3, 0.4) is 0 Å². The Morgan fingerprint density at radius 1 is 1.26 bits per heavy atom. The monoisotopic (exact) mass is 445 g/mol. The third kappa shape index (κ3) is 4.01. The fourth-order valence-corrected chi connectivity index (χ4v) is 4.52. The minimum atomic E-state index is -0.777. The van der Waals surface area contributed by atoms with Crippen molar-refractivity contribution in [2.75, 3.05) is 13.1 Å². The lowest BCUT2D eigenvalue weighted by Crippen LogP contribution is -2.44. The Labute approximate surface area is 183 Å². The fraction of sp³-hybridized carbons (Fsp3) is 0.476. The zero-order valence-electron chi connectivity index (χ0n) is 17.2. The molecule has 2 N–H and O–H groups in total. The molecule has 2 aliphatic rings. The predicted octanol–water partition coefficient (Wildman–Crippen LogP) is 2.18. The summed E-state index contributed by atoms with van der Waals surface area (Å²) in [6.07, 6.45) is 3.12. The molecule has 1 aromatic heterocycles. The first-order chi connectivity index (χ1) is 14.8. The first kappa shape index (κ1) is 21.3. The maximum atomic E-state index is 12.8. The predicted molar refractivity (Wildman–Crippen MR) is 115 cm³/mol. The quantitative estimate of drug-likeness (QED) is 0.661. The molecule has 2 fully saturated rings. The van der Waals surface area contributed by atoms with E-state index in [1.54, 1.807) is 18.2 Å². The number of rotatable bonds is 6. The number of hydrogen-bond donors (Lipinski definition) is 2. The molecule has 1 aliphatic heterocycles. The number of urea groups is 1. The van der Waals surface area contributed by atoms with Crippen LogP contribution >= 0.6 is 11.6 Å². The number of amides is 4. The van der Waals surface area contributed by atoms with Crippen LogP contribution in [0.1, 0.15) is 44.9 Å². The van der Waals surface area contributed by atoms with Crippen molar-refractivity contribution in [2.45, 2.75) is 51.1 Å². The van der Waals surface area contributed by atoms with Crippen molar-refractivity contribution in [2.24, 2.45) is 0 Å². The molecule has 0 bridgehead atoms. The van der Waals surface area contributed by atoms with E-state index in [0.717, 1.165) is 17.7 Å². The SMILES string of the molecule is CCN(Cc1nc2cc(Cl)ccc2c(=O)[nH]1)C(=O)CCN1C(=O)NC2(CCCC2)C1=O. The van der Waals surface area contributed by atoms with Gasteiger partial charge in [-0.2, -0.15) is 0 Å². The van der Waals surface area contributed by atoms with Gasteiger partial charge in [-0.05, 0) is 38.0 Å². The lowest BCUT2D eigenvalue weighted by Gasteiger charge is -2.22. The summed E-state index contributed by atoms with van der Waals surface area (Å²) < 4.78 is 0. The molecule has 1 saturated carbocycles. The minimum Gasteiger partial charge on any atom is -0.335 e. The third-order valence-electron chi connectivity index (χ3n) is 6.04. The van der Waals surface area contributed by atoms with Crippen molar-refractivity contribution in [3.8, 4) is 0 Å². The summed E-state index contributed by atoms with van der Waals surface area (Å²) in [5.74, 6) is -0.123. The number of carbonyl (C=O) groups is 3. The number of fused-ring (bicyclic) bond motifs is 1. The molecule has 4 rings (SSSR count). The van der Waals surface area contributed by atoms with Crippen molar-refractivity contribution >= 4 is 40.3 Å². The van der Waals surface area contributed by atoms with Gasteiger partial charge in [0.15, 0.2) is 0 Å². The zero-order valence-corrected chi connectivity index (χ0v) is 18.0. The highest BCUT2D eigenvalue weighted by Crippen LogP contribution is 2.35. The van der Waals surface area contributed by atoms with Crippen molar-refractivity contribution in [1.29, 1.82) is 0 Å². The van der Waals surface area contributed by atoms with E-state index < -0.39 is 11.6 Å². The van der Waals surface area contributed by atoms with Gasteiger partial charge in [-0.15, -0.1) is 0 Å². The number of imide groups is 1. The summed E-state index contributed by atoms with van der Waals surface area (Å²) in [4.78, 5) is 59.9. The number of carbonyl (C=O) groups excluding carboxylic acids is 3. The number of halogens is 1. The third-order valence-corrected chi connectivity index (χ3v) is 6.28. The van der Waals surface area contributed by atoms with Crippen LogP contribution in [-0.4, -0.2) is 56.2 Å². The van der Waals surface area contributed by atoms with Gasteiger partial charge in [-0.25, -0.2) is 9.78 Å². The Balaban J connectivity index is 1.43. The fourth-order valence-electron chi connectivity index (χ4n) is 4.36. The van der Waals surface area contributed by atoms with Gasteiger partial charge in [0.25, 0.3) is 11.5 Å². The van der Waals surface area contributed by atoms with Gasteiger partial charge in [0.2, 0.25) is 5.91 Å². The normalized spacial score (nSPS) is 17.5. The summed E-state index contributed by atoms with van der Waals surface area (Å²) >= 11 is 6.00. The summed E-state index contributed by atoms with van der Waals surface area (Å²) in [5, 5.41) is 3.70. The Bertz CT molecular complexity index is 1110. The van der Waals surface area contributed by atoms with Crippen LogP contribution < -0.4 is 10.9 Å². The van der Waals surface area contributed by atoms with E-state index in [-0.39, 0.29) is 36.9 Å². The number of nitrogens with one attached hydrogen (secondary N) is 2. The number of benzene rings is 1. The number of aromatic nitrogens is 2. The maximum Gasteiger partial charge on any atom is 0.325 e. The minimum absolute atomic E-state index is 0.00667. The molecule has 1 aliphatic carbocycles. The van der Waals surface area contributed by atoms with Gasteiger partial charge in [-0.3, -0.25) is 19.3 Å². The molecular formula is C21H24ClN5O4. The van der Waals surface area contributed by atoms with Gasteiger partial charge in [0, 0.05) is 24.5 Å². The average molecular weight is 446 g/mol. The van der Waals surface area contributed by atoms with Crippen molar-refractivity contribution < 1.29 is 14.4 Å². The first-order valence-electron chi connectivity index (χ1n) is 10.4. The molecule has 31 heavy (non-hydrogen) atoms. The van der Waals surface area contributed by atoms with Crippen molar-refractivity contribution in [3.63, 3.8) is 0 Å². The van der Waals surface area contributed by atoms with E-state index in [1.807, 2.05) is 6.92 Å². The van der Waals surface area contributed by atoms with E-state index in [0.29, 0.717) is 41.1 Å². The standard InChI is InChI=1S/C21H24ClN5O4/c1-2-26(12-16-23-15-11-13(22)5-6-14(15)18(29)24-16)17(28)7-10-27-19(30)21(25-20(27)31)8-3-4-9-21/h5-6,11H,2-4,7-10,12H2,1H3,(H,25,31)(H,23,24,29). The van der Waals surface area contributed by atoms with Crippen LogP contribution in [0, 0.1) is 0 Å². The van der Waals surface area contributed by atoms with E-state index >= 15 is 0 Å². The second-order valence-electron chi connectivity index (χ2n) is 8.01. The summed E-state index contributed by atoms with van der Waals surface area (Å²) in [6, 6.07) is 4.39. The zero-order chi connectivity index (χ0) is 22.2. The first-order valence-corrected chi connectivity index (χ1v) is 10.8. The van der Waals surface area contributed by atoms with Gasteiger partial charge >= 0.3 is 6.03 Å². The van der Waals surface area contributed by atoms with Crippen LogP contribution in [0.4, 0.5) is 4.79 Å². The van der Waals surface area contributed by atoms with E-state index in [9.17, 15) is 19.2 Å². The largest absolute Gasteiger partial charge is 0.335 e. The van der Waals surface area contributed by atoms with E-state index in [4.69, 9.17) is 11.6 Å². The number of H-pyrrole nitrogens is 1. The Kier molecular flexibility index (Phi) is 5.70. The highest BCUT2D eigenvalue weighted by atomic mass is 35.5. The Morgan fingerprint density at radius 2 is 2.00 bits per heavy atom. The second kappa shape index (κ2) is 8.30. The molecule has 4 amide bonds. The highest BCUT2D eigenvalue weighted by molar-refractivity contribution is 6.31. The van der Waals surface area contributed by atoms with Crippen LogP contribution in [0.2, 0.25) is 5.02 Å². The molecule has 2 heterocycles. The van der Waals surface area contributed by atoms with Gasteiger partial charge in [0.1, 0.15) is 11.4 Å². The van der Waals surface area contributed by atoms with Crippen molar-refractivity contribution in [1.82, 2.24) is 25.1 Å². The maximum absolute atomic E-state index is 12.8. The molecule has 2 aromatic rings. The van der Waals surface area contributed by atoms with Crippen LogP contribution in [0.25, 0.3) is 10.9 Å². The van der Waals surface area contributed by atoms with Crippen molar-refractivity contribution in [3.05, 3.63) is 39.4 Å². The summed E-state index contributed by atoms with van der Waals surface area (Å²) in [5.41, 5.74) is -0.627. The van der Waals surface area contributed by atoms with Gasteiger partial charge in [0.05, 0.1) is 17.4 Å². The van der Waals surface area contributed by atoms with Crippen LogP contribution in [-0.2, 0) is 16.1 Å². The van der Waals surface area contributed by atoms with Gasteiger partial charge < -0.3 is 15.2 Å². The topological polar surface area (TPSA) is 115 Å². The molecule has 0 radical (unpaired) electrons. The number of hydrogen-bond acceptors (Lipinski definition) is 5. The molecule has 1 aromatic carbocycles. The summed E-state index contributed by atoms with van der Waals surface area (Å²) in [6.45, 7) is 2.34.